The van der Waals surface area contributed by atoms with Gasteiger partial charge in [-0.1, -0.05) is 23.7 Å². The number of aromatic amines is 1. The number of halogens is 1. The van der Waals surface area contributed by atoms with E-state index in [2.05, 4.69) is 14.9 Å². The summed E-state index contributed by atoms with van der Waals surface area (Å²) in [6.45, 7) is -0.295. The highest BCUT2D eigenvalue weighted by Gasteiger charge is 2.19. The number of rotatable bonds is 5. The fraction of sp³-hybridized carbons (Fsp3) is 0.182. The molecular formula is C11H12ClN3O3S. The van der Waals surface area contributed by atoms with Crippen molar-refractivity contribution in [2.24, 2.45) is 0 Å². The van der Waals surface area contributed by atoms with Crippen molar-refractivity contribution in [3.63, 3.8) is 0 Å². The first-order valence-corrected chi connectivity index (χ1v) is 7.26. The SMILES string of the molecule is O=S(=O)(NCc1cccc(Cl)c1)c1[nH]ncc1CO. The highest BCUT2D eigenvalue weighted by atomic mass is 35.5. The molecule has 3 N–H and O–H groups in total. The van der Waals surface area contributed by atoms with Gasteiger partial charge < -0.3 is 5.11 Å². The molecule has 19 heavy (non-hydrogen) atoms. The van der Waals surface area contributed by atoms with Gasteiger partial charge >= 0.3 is 0 Å². The zero-order chi connectivity index (χ0) is 13.9. The number of hydrogen-bond donors (Lipinski definition) is 3. The molecule has 0 saturated carbocycles. The molecule has 0 aliphatic heterocycles. The van der Waals surface area contributed by atoms with Crippen molar-refractivity contribution < 1.29 is 13.5 Å². The van der Waals surface area contributed by atoms with Gasteiger partial charge in [0.15, 0.2) is 5.03 Å². The molecule has 1 aromatic heterocycles. The van der Waals surface area contributed by atoms with E-state index >= 15 is 0 Å². The average Bonchev–Trinajstić information content (AvgIpc) is 2.86. The summed E-state index contributed by atoms with van der Waals surface area (Å²) in [6, 6.07) is 6.87. The van der Waals surface area contributed by atoms with Crippen LogP contribution in [0.1, 0.15) is 11.1 Å². The maximum Gasteiger partial charge on any atom is 0.258 e. The second-order valence-electron chi connectivity index (χ2n) is 3.84. The van der Waals surface area contributed by atoms with E-state index in [1.807, 2.05) is 0 Å². The van der Waals surface area contributed by atoms with Crippen LogP contribution in [-0.2, 0) is 23.2 Å². The molecular weight excluding hydrogens is 290 g/mol. The zero-order valence-electron chi connectivity index (χ0n) is 9.80. The van der Waals surface area contributed by atoms with Gasteiger partial charge in [-0.3, -0.25) is 5.10 Å². The van der Waals surface area contributed by atoms with Crippen molar-refractivity contribution in [2.75, 3.05) is 0 Å². The van der Waals surface area contributed by atoms with Crippen molar-refractivity contribution >= 4 is 21.6 Å². The minimum absolute atomic E-state index is 0.104. The Hall–Kier alpha value is -1.41. The fourth-order valence-corrected chi connectivity index (χ4v) is 2.89. The molecule has 0 unspecified atom stereocenters. The van der Waals surface area contributed by atoms with Crippen molar-refractivity contribution in [1.29, 1.82) is 0 Å². The van der Waals surface area contributed by atoms with E-state index in [0.29, 0.717) is 5.02 Å². The molecule has 8 heteroatoms. The topological polar surface area (TPSA) is 95.1 Å². The molecule has 0 amide bonds. The maximum absolute atomic E-state index is 12.0. The van der Waals surface area contributed by atoms with Crippen molar-refractivity contribution in [3.05, 3.63) is 46.6 Å². The van der Waals surface area contributed by atoms with Gasteiger partial charge in [0, 0.05) is 17.1 Å². The van der Waals surface area contributed by atoms with Gasteiger partial charge in [0.2, 0.25) is 0 Å². The highest BCUT2D eigenvalue weighted by molar-refractivity contribution is 7.89. The van der Waals surface area contributed by atoms with Crippen LogP contribution in [0, 0.1) is 0 Å². The number of nitrogens with zero attached hydrogens (tertiary/aromatic N) is 1. The fourth-order valence-electron chi connectivity index (χ4n) is 1.54. The van der Waals surface area contributed by atoms with Crippen LogP contribution in [0.4, 0.5) is 0 Å². The minimum atomic E-state index is -3.74. The third kappa shape index (κ3) is 3.32. The lowest BCUT2D eigenvalue weighted by molar-refractivity contribution is 0.278. The van der Waals surface area contributed by atoms with E-state index in [9.17, 15) is 8.42 Å². The molecule has 0 fully saturated rings. The summed E-state index contributed by atoms with van der Waals surface area (Å²) in [6.07, 6.45) is 1.27. The van der Waals surface area contributed by atoms with E-state index in [1.165, 1.54) is 6.20 Å². The molecule has 102 valence electrons. The first-order chi connectivity index (χ1) is 9.03. The maximum atomic E-state index is 12.0. The number of aliphatic hydroxyl groups is 1. The van der Waals surface area contributed by atoms with Crippen LogP contribution in [0.15, 0.2) is 35.5 Å². The number of H-pyrrole nitrogens is 1. The summed E-state index contributed by atoms with van der Waals surface area (Å²) in [5.41, 5.74) is 0.958. The Kier molecular flexibility index (Phi) is 4.20. The van der Waals surface area contributed by atoms with Gasteiger partial charge in [-0.05, 0) is 17.7 Å². The Bertz CT molecular complexity index is 669. The summed E-state index contributed by atoms with van der Waals surface area (Å²) >= 11 is 5.82. The van der Waals surface area contributed by atoms with Crippen LogP contribution in [0.2, 0.25) is 5.02 Å². The molecule has 0 saturated heterocycles. The Morgan fingerprint density at radius 1 is 1.42 bits per heavy atom. The third-order valence-corrected chi connectivity index (χ3v) is 4.12. The molecule has 0 aliphatic carbocycles. The van der Waals surface area contributed by atoms with E-state index in [0.717, 1.165) is 5.56 Å². The van der Waals surface area contributed by atoms with Crippen LogP contribution in [0.5, 0.6) is 0 Å². The number of hydrogen-bond acceptors (Lipinski definition) is 4. The van der Waals surface area contributed by atoms with Gasteiger partial charge in [-0.15, -0.1) is 0 Å². The largest absolute Gasteiger partial charge is 0.392 e. The van der Waals surface area contributed by atoms with Crippen LogP contribution in [0.25, 0.3) is 0 Å². The van der Waals surface area contributed by atoms with E-state index in [1.54, 1.807) is 24.3 Å². The molecule has 1 aromatic carbocycles. The predicted octanol–water partition coefficient (Wildman–Crippen LogP) is 1.03. The quantitative estimate of drug-likeness (QED) is 0.769. The third-order valence-electron chi connectivity index (χ3n) is 2.47. The van der Waals surface area contributed by atoms with Gasteiger partial charge in [0.05, 0.1) is 12.8 Å². The van der Waals surface area contributed by atoms with Gasteiger partial charge in [0.1, 0.15) is 0 Å². The predicted molar refractivity (Wildman–Crippen MR) is 70.0 cm³/mol. The molecule has 1 heterocycles. The summed E-state index contributed by atoms with van der Waals surface area (Å²) < 4.78 is 26.4. The number of sulfonamides is 1. The molecule has 0 spiro atoms. The van der Waals surface area contributed by atoms with Gasteiger partial charge in [0.25, 0.3) is 10.0 Å². The number of benzene rings is 1. The van der Waals surface area contributed by atoms with Gasteiger partial charge in [-0.25, -0.2) is 13.1 Å². The van der Waals surface area contributed by atoms with E-state index < -0.39 is 16.6 Å². The van der Waals surface area contributed by atoms with Gasteiger partial charge in [-0.2, -0.15) is 5.10 Å². The molecule has 2 aromatic rings. The number of nitrogens with one attached hydrogen (secondary N) is 2. The molecule has 0 bridgehead atoms. The van der Waals surface area contributed by atoms with E-state index in [-0.39, 0.29) is 17.1 Å². The molecule has 2 rings (SSSR count). The second-order valence-corrected chi connectivity index (χ2v) is 5.98. The Balaban J connectivity index is 2.14. The Morgan fingerprint density at radius 3 is 2.89 bits per heavy atom. The van der Waals surface area contributed by atoms with E-state index in [4.69, 9.17) is 16.7 Å². The normalized spacial score (nSPS) is 11.7. The van der Waals surface area contributed by atoms with Crippen molar-refractivity contribution in [3.8, 4) is 0 Å². The summed E-state index contributed by atoms with van der Waals surface area (Å²) in [7, 11) is -3.74. The standard InChI is InChI=1S/C11H12ClN3O3S/c12-10-3-1-2-8(4-10)5-14-19(17,18)11-9(7-16)6-13-15-11/h1-4,6,14,16H,5,7H2,(H,13,15). The monoisotopic (exact) mass is 301 g/mol. The van der Waals surface area contributed by atoms with Crippen LogP contribution >= 0.6 is 11.6 Å². The van der Waals surface area contributed by atoms with Crippen molar-refractivity contribution in [2.45, 2.75) is 18.2 Å². The average molecular weight is 302 g/mol. The lowest BCUT2D eigenvalue weighted by Crippen LogP contribution is -2.24. The number of aliphatic hydroxyl groups excluding tert-OH is 1. The second kappa shape index (κ2) is 5.70. The summed E-state index contributed by atoms with van der Waals surface area (Å²) in [5, 5.41) is 15.4. The highest BCUT2D eigenvalue weighted by Crippen LogP contribution is 2.14. The minimum Gasteiger partial charge on any atom is -0.392 e. The van der Waals surface area contributed by atoms with Crippen molar-refractivity contribution in [1.82, 2.24) is 14.9 Å². The first-order valence-electron chi connectivity index (χ1n) is 5.40. The van der Waals surface area contributed by atoms with Crippen LogP contribution in [-0.4, -0.2) is 23.7 Å². The molecule has 0 radical (unpaired) electrons. The lowest BCUT2D eigenvalue weighted by Gasteiger charge is -2.06. The summed E-state index contributed by atoms with van der Waals surface area (Å²) in [5.74, 6) is 0. The zero-order valence-corrected chi connectivity index (χ0v) is 11.4. The Labute approximate surface area is 115 Å². The molecule has 0 atom stereocenters. The molecule has 0 aliphatic rings. The Morgan fingerprint density at radius 2 is 2.21 bits per heavy atom. The number of aromatic nitrogens is 2. The smallest absolute Gasteiger partial charge is 0.258 e. The summed E-state index contributed by atoms with van der Waals surface area (Å²) in [4.78, 5) is 0. The van der Waals surface area contributed by atoms with Crippen LogP contribution < -0.4 is 4.72 Å². The first kappa shape index (κ1) is 14.0. The van der Waals surface area contributed by atoms with Crippen LogP contribution in [0.3, 0.4) is 0 Å². The lowest BCUT2D eigenvalue weighted by atomic mass is 10.2. The molecule has 6 nitrogen and oxygen atoms in total.